The first-order valence-corrected chi connectivity index (χ1v) is 6.45. The highest BCUT2D eigenvalue weighted by Crippen LogP contribution is 2.24. The summed E-state index contributed by atoms with van der Waals surface area (Å²) in [6.07, 6.45) is 4.92. The molecule has 0 radical (unpaired) electrons. The maximum atomic E-state index is 11.9. The van der Waals surface area contributed by atoms with E-state index in [1.54, 1.807) is 50.9 Å². The van der Waals surface area contributed by atoms with Crippen LogP contribution in [0.5, 0.6) is 0 Å². The topological polar surface area (TPSA) is 58.1 Å². The number of benzene rings is 1. The van der Waals surface area contributed by atoms with Crippen LogP contribution in [0.25, 0.3) is 0 Å². The van der Waals surface area contributed by atoms with Crippen molar-refractivity contribution in [2.75, 3.05) is 19.4 Å². The van der Waals surface area contributed by atoms with Crippen LogP contribution in [0.3, 0.4) is 0 Å². The van der Waals surface area contributed by atoms with Gasteiger partial charge in [0, 0.05) is 32.1 Å². The van der Waals surface area contributed by atoms with Crippen molar-refractivity contribution >= 4 is 23.2 Å². The van der Waals surface area contributed by atoms with E-state index in [1.165, 1.54) is 4.90 Å². The predicted molar refractivity (Wildman–Crippen MR) is 78.8 cm³/mol. The molecule has 0 spiro atoms. The Morgan fingerprint density at radius 1 is 1.35 bits per heavy atom. The Bertz CT molecular complexity index is 601. The fourth-order valence-corrected chi connectivity index (χ4v) is 1.84. The van der Waals surface area contributed by atoms with Gasteiger partial charge in [-0.2, -0.15) is 0 Å². The molecule has 0 atom stereocenters. The number of anilines is 1. The van der Waals surface area contributed by atoms with Crippen LogP contribution in [0.1, 0.15) is 16.1 Å². The number of hydrogen-bond acceptors (Lipinski definition) is 4. The normalized spacial score (nSPS) is 10.2. The van der Waals surface area contributed by atoms with Crippen molar-refractivity contribution in [1.29, 1.82) is 0 Å². The van der Waals surface area contributed by atoms with Crippen molar-refractivity contribution in [2.45, 2.75) is 6.54 Å². The van der Waals surface area contributed by atoms with E-state index in [1.807, 2.05) is 0 Å². The number of carbonyl (C=O) groups excluding carboxylic acids is 1. The molecule has 1 aromatic carbocycles. The Morgan fingerprint density at radius 2 is 2.15 bits per heavy atom. The second kappa shape index (κ2) is 6.34. The van der Waals surface area contributed by atoms with Crippen molar-refractivity contribution in [3.05, 3.63) is 53.1 Å². The summed E-state index contributed by atoms with van der Waals surface area (Å²) in [5.41, 5.74) is 2.08. The summed E-state index contributed by atoms with van der Waals surface area (Å²) < 4.78 is 0. The molecule has 1 N–H and O–H groups in total. The van der Waals surface area contributed by atoms with Gasteiger partial charge in [-0.25, -0.2) is 0 Å². The highest BCUT2D eigenvalue weighted by atomic mass is 35.5. The standard InChI is InChI=1S/C14H15ClN4O/c1-19(2)14(20)10-3-4-12(15)13(7-10)18-9-11-8-16-5-6-17-11/h3-8,18H,9H2,1-2H3. The number of carbonyl (C=O) groups is 1. The Labute approximate surface area is 122 Å². The molecule has 1 aromatic heterocycles. The second-order valence-corrected chi connectivity index (χ2v) is 4.85. The number of nitrogens with zero attached hydrogens (tertiary/aromatic N) is 3. The molecular weight excluding hydrogens is 276 g/mol. The zero-order valence-electron chi connectivity index (χ0n) is 11.3. The van der Waals surface area contributed by atoms with Crippen LogP contribution < -0.4 is 5.32 Å². The van der Waals surface area contributed by atoms with E-state index in [0.29, 0.717) is 22.8 Å². The van der Waals surface area contributed by atoms with Crippen LogP contribution in [0.4, 0.5) is 5.69 Å². The highest BCUT2D eigenvalue weighted by molar-refractivity contribution is 6.33. The van der Waals surface area contributed by atoms with Crippen LogP contribution in [-0.2, 0) is 6.54 Å². The molecule has 1 amide bonds. The highest BCUT2D eigenvalue weighted by Gasteiger charge is 2.10. The van der Waals surface area contributed by atoms with E-state index in [2.05, 4.69) is 15.3 Å². The maximum Gasteiger partial charge on any atom is 0.253 e. The van der Waals surface area contributed by atoms with E-state index >= 15 is 0 Å². The molecule has 5 nitrogen and oxygen atoms in total. The van der Waals surface area contributed by atoms with Crippen LogP contribution in [0, 0.1) is 0 Å². The Balaban J connectivity index is 2.15. The summed E-state index contributed by atoms with van der Waals surface area (Å²) in [7, 11) is 3.42. The lowest BCUT2D eigenvalue weighted by molar-refractivity contribution is 0.0827. The van der Waals surface area contributed by atoms with Crippen molar-refractivity contribution in [1.82, 2.24) is 14.9 Å². The fraction of sp³-hybridized carbons (Fsp3) is 0.214. The lowest BCUT2D eigenvalue weighted by Crippen LogP contribution is -2.21. The SMILES string of the molecule is CN(C)C(=O)c1ccc(Cl)c(NCc2cnccn2)c1. The minimum absolute atomic E-state index is 0.0655. The minimum atomic E-state index is -0.0655. The minimum Gasteiger partial charge on any atom is -0.378 e. The molecule has 20 heavy (non-hydrogen) atoms. The first-order valence-electron chi connectivity index (χ1n) is 6.08. The van der Waals surface area contributed by atoms with Gasteiger partial charge in [0.25, 0.3) is 5.91 Å². The molecule has 0 aliphatic heterocycles. The van der Waals surface area contributed by atoms with Crippen molar-refractivity contribution in [3.63, 3.8) is 0 Å². The summed E-state index contributed by atoms with van der Waals surface area (Å²) in [6, 6.07) is 5.15. The number of rotatable bonds is 4. The van der Waals surface area contributed by atoms with Crippen LogP contribution in [0.15, 0.2) is 36.8 Å². The zero-order valence-corrected chi connectivity index (χ0v) is 12.1. The number of amides is 1. The number of hydrogen-bond donors (Lipinski definition) is 1. The van der Waals surface area contributed by atoms with Gasteiger partial charge >= 0.3 is 0 Å². The maximum absolute atomic E-state index is 11.9. The predicted octanol–water partition coefficient (Wildman–Crippen LogP) is 2.44. The number of nitrogens with one attached hydrogen (secondary N) is 1. The van der Waals surface area contributed by atoms with E-state index < -0.39 is 0 Å². The molecule has 0 saturated carbocycles. The second-order valence-electron chi connectivity index (χ2n) is 4.44. The van der Waals surface area contributed by atoms with Crippen molar-refractivity contribution in [3.8, 4) is 0 Å². The van der Waals surface area contributed by atoms with Gasteiger partial charge in [-0.1, -0.05) is 11.6 Å². The summed E-state index contributed by atoms with van der Waals surface area (Å²) in [6.45, 7) is 0.493. The van der Waals surface area contributed by atoms with Gasteiger partial charge < -0.3 is 10.2 Å². The Kier molecular flexibility index (Phi) is 4.53. The summed E-state index contributed by atoms with van der Waals surface area (Å²) in [5, 5.41) is 3.72. The van der Waals surface area contributed by atoms with E-state index in [-0.39, 0.29) is 5.91 Å². The number of halogens is 1. The molecular formula is C14H15ClN4O. The van der Waals surface area contributed by atoms with Crippen molar-refractivity contribution < 1.29 is 4.79 Å². The summed E-state index contributed by atoms with van der Waals surface area (Å²) in [4.78, 5) is 21.6. The lowest BCUT2D eigenvalue weighted by atomic mass is 10.1. The van der Waals surface area contributed by atoms with Crippen LogP contribution >= 0.6 is 11.6 Å². The Hall–Kier alpha value is -2.14. The molecule has 6 heteroatoms. The average molecular weight is 291 g/mol. The van der Waals surface area contributed by atoms with Crippen LogP contribution in [0.2, 0.25) is 5.02 Å². The molecule has 104 valence electrons. The van der Waals surface area contributed by atoms with Crippen LogP contribution in [-0.4, -0.2) is 34.9 Å². The molecule has 1 heterocycles. The molecule has 0 fully saturated rings. The smallest absolute Gasteiger partial charge is 0.253 e. The molecule has 2 rings (SSSR count). The monoisotopic (exact) mass is 290 g/mol. The van der Waals surface area contributed by atoms with Gasteiger partial charge in [-0.15, -0.1) is 0 Å². The molecule has 0 aliphatic carbocycles. The van der Waals surface area contributed by atoms with E-state index in [4.69, 9.17) is 11.6 Å². The van der Waals surface area contributed by atoms with Gasteiger partial charge in [0.15, 0.2) is 0 Å². The largest absolute Gasteiger partial charge is 0.378 e. The van der Waals surface area contributed by atoms with Crippen molar-refractivity contribution in [2.24, 2.45) is 0 Å². The van der Waals surface area contributed by atoms with Gasteiger partial charge in [-0.3, -0.25) is 14.8 Å². The first kappa shape index (κ1) is 14.3. The molecule has 0 unspecified atom stereocenters. The fourth-order valence-electron chi connectivity index (χ4n) is 1.66. The average Bonchev–Trinajstić information content (AvgIpc) is 2.46. The third-order valence-corrected chi connectivity index (χ3v) is 3.03. The van der Waals surface area contributed by atoms with Gasteiger partial charge in [-0.05, 0) is 18.2 Å². The summed E-state index contributed by atoms with van der Waals surface area (Å²) in [5.74, 6) is -0.0655. The van der Waals surface area contributed by atoms with E-state index in [0.717, 1.165) is 5.69 Å². The molecule has 2 aromatic rings. The van der Waals surface area contributed by atoms with E-state index in [9.17, 15) is 4.79 Å². The third kappa shape index (κ3) is 3.45. The zero-order chi connectivity index (χ0) is 14.5. The van der Waals surface area contributed by atoms with Gasteiger partial charge in [0.1, 0.15) is 0 Å². The lowest BCUT2D eigenvalue weighted by Gasteiger charge is -2.13. The van der Waals surface area contributed by atoms with Gasteiger partial charge in [0.05, 0.1) is 29.1 Å². The quantitative estimate of drug-likeness (QED) is 0.940. The molecule has 0 saturated heterocycles. The summed E-state index contributed by atoms with van der Waals surface area (Å²) >= 11 is 6.12. The first-order chi connectivity index (χ1) is 9.58. The van der Waals surface area contributed by atoms with Gasteiger partial charge in [0.2, 0.25) is 0 Å². The number of aromatic nitrogens is 2. The molecule has 0 bridgehead atoms. The Morgan fingerprint density at radius 3 is 2.80 bits per heavy atom. The third-order valence-electron chi connectivity index (χ3n) is 2.70. The molecule has 0 aliphatic rings.